The molecule has 0 spiro atoms. The molecule has 0 bridgehead atoms. The van der Waals surface area contributed by atoms with Crippen LogP contribution in [0.4, 0.5) is 4.79 Å². The first-order chi connectivity index (χ1) is 10.7. The maximum absolute atomic E-state index is 11.3. The van der Waals surface area contributed by atoms with E-state index in [0.29, 0.717) is 19.8 Å². The van der Waals surface area contributed by atoms with Crippen LogP contribution in [0.25, 0.3) is 0 Å². The molecule has 2 amide bonds. The van der Waals surface area contributed by atoms with Crippen molar-refractivity contribution in [3.8, 4) is 5.75 Å². The maximum atomic E-state index is 11.3. The molecule has 22 heavy (non-hydrogen) atoms. The number of hydrogen-bond acceptors (Lipinski definition) is 5. The molecule has 0 aliphatic rings. The summed E-state index contributed by atoms with van der Waals surface area (Å²) in [4.78, 5) is 11.3. The summed E-state index contributed by atoms with van der Waals surface area (Å²) in [5.41, 5.74) is 0.985. The highest BCUT2D eigenvalue weighted by Gasteiger charge is 2.07. The number of carbonyl (C=O) groups excluding carboxylic acids is 1. The SMILES string of the molecule is COCCNC(=O)NC[C@@H](O)COCc1ccc(OC)cc1. The predicted octanol–water partition coefficient (Wildman–Crippen LogP) is 0.518. The zero-order valence-corrected chi connectivity index (χ0v) is 13.0. The van der Waals surface area contributed by atoms with Crippen LogP contribution < -0.4 is 15.4 Å². The van der Waals surface area contributed by atoms with E-state index in [9.17, 15) is 9.90 Å². The van der Waals surface area contributed by atoms with Gasteiger partial charge < -0.3 is 30.0 Å². The lowest BCUT2D eigenvalue weighted by molar-refractivity contribution is 0.0300. The van der Waals surface area contributed by atoms with Gasteiger partial charge in [0, 0.05) is 20.2 Å². The van der Waals surface area contributed by atoms with Crippen molar-refractivity contribution >= 4 is 6.03 Å². The molecule has 0 aliphatic heterocycles. The van der Waals surface area contributed by atoms with Crippen LogP contribution in [0.15, 0.2) is 24.3 Å². The Morgan fingerprint density at radius 2 is 1.95 bits per heavy atom. The van der Waals surface area contributed by atoms with Crippen molar-refractivity contribution in [2.45, 2.75) is 12.7 Å². The van der Waals surface area contributed by atoms with E-state index >= 15 is 0 Å². The van der Waals surface area contributed by atoms with Crippen molar-refractivity contribution < 1.29 is 24.1 Å². The first-order valence-corrected chi connectivity index (χ1v) is 7.05. The Hall–Kier alpha value is -1.83. The van der Waals surface area contributed by atoms with Crippen molar-refractivity contribution in [2.75, 3.05) is 40.5 Å². The number of methoxy groups -OCH3 is 2. The minimum absolute atomic E-state index is 0.126. The molecule has 0 heterocycles. The first-order valence-electron chi connectivity index (χ1n) is 7.05. The Morgan fingerprint density at radius 1 is 1.23 bits per heavy atom. The Morgan fingerprint density at radius 3 is 2.59 bits per heavy atom. The molecule has 0 radical (unpaired) electrons. The van der Waals surface area contributed by atoms with Crippen LogP contribution in [-0.4, -0.2) is 57.8 Å². The van der Waals surface area contributed by atoms with Crippen LogP contribution in [0.3, 0.4) is 0 Å². The second kappa shape index (κ2) is 10.8. The summed E-state index contributed by atoms with van der Waals surface area (Å²) < 4.78 is 15.3. The third-order valence-corrected chi connectivity index (χ3v) is 2.83. The van der Waals surface area contributed by atoms with Gasteiger partial charge in [-0.15, -0.1) is 0 Å². The molecule has 0 unspecified atom stereocenters. The minimum atomic E-state index is -0.758. The molecular formula is C15H24N2O5. The lowest BCUT2D eigenvalue weighted by atomic mass is 10.2. The van der Waals surface area contributed by atoms with Crippen LogP contribution in [0.2, 0.25) is 0 Å². The summed E-state index contributed by atoms with van der Waals surface area (Å²) >= 11 is 0. The van der Waals surface area contributed by atoms with Gasteiger partial charge in [-0.05, 0) is 17.7 Å². The van der Waals surface area contributed by atoms with Gasteiger partial charge in [-0.25, -0.2) is 4.79 Å². The van der Waals surface area contributed by atoms with Crippen molar-refractivity contribution in [1.29, 1.82) is 0 Å². The number of nitrogens with one attached hydrogen (secondary N) is 2. The van der Waals surface area contributed by atoms with Gasteiger partial charge in [-0.1, -0.05) is 12.1 Å². The highest BCUT2D eigenvalue weighted by atomic mass is 16.5. The molecule has 7 heteroatoms. The van der Waals surface area contributed by atoms with Crippen LogP contribution >= 0.6 is 0 Å². The highest BCUT2D eigenvalue weighted by molar-refractivity contribution is 5.73. The Kier molecular flexibility index (Phi) is 8.97. The van der Waals surface area contributed by atoms with E-state index in [1.54, 1.807) is 14.2 Å². The van der Waals surface area contributed by atoms with E-state index in [4.69, 9.17) is 14.2 Å². The number of urea groups is 1. The fourth-order valence-electron chi connectivity index (χ4n) is 1.63. The van der Waals surface area contributed by atoms with Gasteiger partial charge in [-0.3, -0.25) is 0 Å². The normalized spacial score (nSPS) is 11.8. The highest BCUT2D eigenvalue weighted by Crippen LogP contribution is 2.11. The van der Waals surface area contributed by atoms with Crippen LogP contribution in [0.1, 0.15) is 5.56 Å². The number of aliphatic hydroxyl groups excluding tert-OH is 1. The van der Waals surface area contributed by atoms with Crippen molar-refractivity contribution in [3.63, 3.8) is 0 Å². The summed E-state index contributed by atoms with van der Waals surface area (Å²) in [6.07, 6.45) is -0.758. The van der Waals surface area contributed by atoms with Gasteiger partial charge in [0.1, 0.15) is 5.75 Å². The third-order valence-electron chi connectivity index (χ3n) is 2.83. The van der Waals surface area contributed by atoms with Crippen LogP contribution in [0, 0.1) is 0 Å². The topological polar surface area (TPSA) is 89.1 Å². The van der Waals surface area contributed by atoms with Gasteiger partial charge in [0.25, 0.3) is 0 Å². The molecule has 0 aromatic heterocycles. The average Bonchev–Trinajstić information content (AvgIpc) is 2.54. The van der Waals surface area contributed by atoms with Gasteiger partial charge in [0.2, 0.25) is 0 Å². The molecule has 0 saturated heterocycles. The standard InChI is InChI=1S/C15H24N2O5/c1-20-8-7-16-15(19)17-9-13(18)11-22-10-12-3-5-14(21-2)6-4-12/h3-6,13,18H,7-11H2,1-2H3,(H2,16,17,19)/t13-/m1/s1. The summed E-state index contributed by atoms with van der Waals surface area (Å²) in [5, 5.41) is 14.9. The number of ether oxygens (including phenoxy) is 3. The number of carbonyl (C=O) groups is 1. The van der Waals surface area contributed by atoms with Crippen LogP contribution in [-0.2, 0) is 16.1 Å². The lowest BCUT2D eigenvalue weighted by Crippen LogP contribution is -2.41. The fraction of sp³-hybridized carbons (Fsp3) is 0.533. The van der Waals surface area contributed by atoms with Crippen molar-refractivity contribution in [2.24, 2.45) is 0 Å². The predicted molar refractivity (Wildman–Crippen MR) is 81.9 cm³/mol. The number of aliphatic hydroxyl groups is 1. The van der Waals surface area contributed by atoms with E-state index in [1.165, 1.54) is 0 Å². The zero-order chi connectivity index (χ0) is 16.2. The summed E-state index contributed by atoms with van der Waals surface area (Å²) in [6, 6.07) is 7.15. The van der Waals surface area contributed by atoms with Gasteiger partial charge in [-0.2, -0.15) is 0 Å². The summed E-state index contributed by atoms with van der Waals surface area (Å²) in [7, 11) is 3.17. The smallest absolute Gasteiger partial charge is 0.314 e. The monoisotopic (exact) mass is 312 g/mol. The van der Waals surface area contributed by atoms with E-state index in [0.717, 1.165) is 11.3 Å². The molecule has 7 nitrogen and oxygen atoms in total. The number of amides is 2. The van der Waals surface area contributed by atoms with E-state index in [2.05, 4.69) is 10.6 Å². The van der Waals surface area contributed by atoms with Crippen molar-refractivity contribution in [3.05, 3.63) is 29.8 Å². The van der Waals surface area contributed by atoms with Crippen molar-refractivity contribution in [1.82, 2.24) is 10.6 Å². The maximum Gasteiger partial charge on any atom is 0.314 e. The van der Waals surface area contributed by atoms with Gasteiger partial charge in [0.05, 0.1) is 33.0 Å². The molecular weight excluding hydrogens is 288 g/mol. The molecule has 124 valence electrons. The molecule has 3 N–H and O–H groups in total. The molecule has 1 aromatic carbocycles. The van der Waals surface area contributed by atoms with E-state index in [1.807, 2.05) is 24.3 Å². The fourth-order valence-corrected chi connectivity index (χ4v) is 1.63. The van der Waals surface area contributed by atoms with Crippen LogP contribution in [0.5, 0.6) is 5.75 Å². The second-order valence-corrected chi connectivity index (χ2v) is 4.65. The first kappa shape index (κ1) is 18.2. The Balaban J connectivity index is 2.12. The molecule has 0 aliphatic carbocycles. The second-order valence-electron chi connectivity index (χ2n) is 4.65. The molecule has 1 aromatic rings. The number of hydrogen-bond donors (Lipinski definition) is 3. The third kappa shape index (κ3) is 7.82. The molecule has 0 saturated carbocycles. The van der Waals surface area contributed by atoms with Gasteiger partial charge in [0.15, 0.2) is 0 Å². The van der Waals surface area contributed by atoms with Gasteiger partial charge >= 0.3 is 6.03 Å². The molecule has 1 rings (SSSR count). The molecule has 0 fully saturated rings. The largest absolute Gasteiger partial charge is 0.497 e. The number of benzene rings is 1. The van der Waals surface area contributed by atoms with E-state index < -0.39 is 6.10 Å². The zero-order valence-electron chi connectivity index (χ0n) is 13.0. The quantitative estimate of drug-likeness (QED) is 0.548. The minimum Gasteiger partial charge on any atom is -0.497 e. The molecule has 1 atom stereocenters. The summed E-state index contributed by atoms with van der Waals surface area (Å²) in [6.45, 7) is 1.53. The summed E-state index contributed by atoms with van der Waals surface area (Å²) in [5.74, 6) is 0.785. The average molecular weight is 312 g/mol. The Labute approximate surface area is 130 Å². The lowest BCUT2D eigenvalue weighted by Gasteiger charge is -2.13. The number of rotatable bonds is 10. The van der Waals surface area contributed by atoms with E-state index in [-0.39, 0.29) is 19.2 Å². The Bertz CT molecular complexity index is 424.